The van der Waals surface area contributed by atoms with Crippen molar-refractivity contribution in [2.45, 2.75) is 18.7 Å². The van der Waals surface area contributed by atoms with Gasteiger partial charge in [-0.1, -0.05) is 18.2 Å². The summed E-state index contributed by atoms with van der Waals surface area (Å²) < 4.78 is 37.2. The number of hydrogen-bond acceptors (Lipinski definition) is 6. The molecular formula is C20H25N3O5S. The molecule has 2 aromatic carbocycles. The van der Waals surface area contributed by atoms with E-state index in [0.29, 0.717) is 17.9 Å². The predicted molar refractivity (Wildman–Crippen MR) is 111 cm³/mol. The highest BCUT2D eigenvalue weighted by Crippen LogP contribution is 2.27. The van der Waals surface area contributed by atoms with E-state index in [0.717, 1.165) is 9.87 Å². The maximum absolute atomic E-state index is 12.8. The van der Waals surface area contributed by atoms with E-state index in [1.54, 1.807) is 31.2 Å². The first-order valence-electron chi connectivity index (χ1n) is 8.94. The van der Waals surface area contributed by atoms with Crippen LogP contribution in [0.25, 0.3) is 0 Å². The Morgan fingerprint density at radius 3 is 2.62 bits per heavy atom. The number of para-hydroxylation sites is 1. The van der Waals surface area contributed by atoms with Crippen molar-refractivity contribution in [2.75, 3.05) is 27.3 Å². The monoisotopic (exact) mass is 419 g/mol. The second-order valence-electron chi connectivity index (χ2n) is 6.18. The minimum Gasteiger partial charge on any atom is -0.495 e. The quantitative estimate of drug-likeness (QED) is 0.496. The van der Waals surface area contributed by atoms with Gasteiger partial charge < -0.3 is 9.47 Å². The van der Waals surface area contributed by atoms with E-state index < -0.39 is 22.5 Å². The molecule has 0 saturated heterocycles. The van der Waals surface area contributed by atoms with Gasteiger partial charge in [0.05, 0.1) is 26.5 Å². The van der Waals surface area contributed by atoms with Crippen molar-refractivity contribution in [1.29, 1.82) is 0 Å². The zero-order valence-corrected chi connectivity index (χ0v) is 17.7. The van der Waals surface area contributed by atoms with Gasteiger partial charge in [-0.3, -0.25) is 4.79 Å². The van der Waals surface area contributed by atoms with Gasteiger partial charge in [0.15, 0.2) is 0 Å². The molecule has 0 radical (unpaired) electrons. The normalized spacial score (nSPS) is 11.6. The largest absolute Gasteiger partial charge is 0.495 e. The number of ether oxygens (including phenoxy) is 2. The molecule has 0 bridgehead atoms. The summed E-state index contributed by atoms with van der Waals surface area (Å²) in [6.45, 7) is 3.75. The zero-order chi connectivity index (χ0) is 21.4. The molecule has 0 fully saturated rings. The van der Waals surface area contributed by atoms with Crippen LogP contribution in [0.5, 0.6) is 11.5 Å². The summed E-state index contributed by atoms with van der Waals surface area (Å²) in [5.41, 5.74) is 3.79. The van der Waals surface area contributed by atoms with E-state index in [2.05, 4.69) is 10.5 Å². The summed E-state index contributed by atoms with van der Waals surface area (Å²) in [4.78, 5) is 12.2. The van der Waals surface area contributed by atoms with Crippen LogP contribution in [0.3, 0.4) is 0 Å². The first-order valence-corrected chi connectivity index (χ1v) is 10.4. The van der Waals surface area contributed by atoms with Gasteiger partial charge in [-0.2, -0.15) is 9.41 Å². The third kappa shape index (κ3) is 5.78. The van der Waals surface area contributed by atoms with E-state index in [1.807, 2.05) is 19.1 Å². The number of carbonyl (C=O) groups is 1. The summed E-state index contributed by atoms with van der Waals surface area (Å²) in [5, 5.41) is 3.89. The number of hydrogen-bond donors (Lipinski definition) is 1. The van der Waals surface area contributed by atoms with Crippen molar-refractivity contribution in [3.63, 3.8) is 0 Å². The van der Waals surface area contributed by atoms with Crippen molar-refractivity contribution < 1.29 is 22.7 Å². The predicted octanol–water partition coefficient (Wildman–Crippen LogP) is 2.17. The van der Waals surface area contributed by atoms with Crippen molar-refractivity contribution in [3.8, 4) is 11.5 Å². The number of sulfonamides is 1. The number of amides is 1. The number of nitrogens with one attached hydrogen (secondary N) is 1. The lowest BCUT2D eigenvalue weighted by Gasteiger charge is -2.18. The highest BCUT2D eigenvalue weighted by atomic mass is 32.2. The van der Waals surface area contributed by atoms with Gasteiger partial charge in [0, 0.05) is 12.6 Å². The van der Waals surface area contributed by atoms with Gasteiger partial charge in [0.25, 0.3) is 5.91 Å². The Hall–Kier alpha value is -2.91. The number of aryl methyl sites for hydroxylation is 1. The van der Waals surface area contributed by atoms with E-state index in [9.17, 15) is 13.2 Å². The fraction of sp³-hybridized carbons (Fsp3) is 0.300. The molecule has 2 aromatic rings. The van der Waals surface area contributed by atoms with Gasteiger partial charge in [0.2, 0.25) is 10.0 Å². The molecule has 0 atom stereocenters. The van der Waals surface area contributed by atoms with Crippen LogP contribution in [-0.2, 0) is 14.8 Å². The maximum Gasteiger partial charge on any atom is 0.255 e. The van der Waals surface area contributed by atoms with Crippen molar-refractivity contribution >= 4 is 22.1 Å². The Balaban J connectivity index is 2.06. The third-order valence-electron chi connectivity index (χ3n) is 3.99. The molecule has 29 heavy (non-hydrogen) atoms. The number of carbonyl (C=O) groups excluding carboxylic acids is 1. The summed E-state index contributed by atoms with van der Waals surface area (Å²) in [6, 6.07) is 12.1. The number of nitrogens with zero attached hydrogens (tertiary/aromatic N) is 2. The summed E-state index contributed by atoms with van der Waals surface area (Å²) in [7, 11) is -1.20. The van der Waals surface area contributed by atoms with Crippen molar-refractivity contribution in [1.82, 2.24) is 9.73 Å². The Morgan fingerprint density at radius 1 is 1.21 bits per heavy atom. The van der Waals surface area contributed by atoms with Crippen LogP contribution < -0.4 is 14.9 Å². The maximum atomic E-state index is 12.8. The Morgan fingerprint density at radius 2 is 1.93 bits per heavy atom. The number of likely N-dealkylation sites (N-methyl/N-ethyl adjacent to an activating group) is 1. The molecule has 0 aromatic heterocycles. The molecule has 0 aliphatic carbocycles. The highest BCUT2D eigenvalue weighted by molar-refractivity contribution is 7.89. The molecule has 9 heteroatoms. The van der Waals surface area contributed by atoms with E-state index in [1.165, 1.54) is 26.4 Å². The van der Waals surface area contributed by atoms with Gasteiger partial charge >= 0.3 is 0 Å². The van der Waals surface area contributed by atoms with Crippen LogP contribution in [0.15, 0.2) is 52.5 Å². The molecule has 8 nitrogen and oxygen atoms in total. The van der Waals surface area contributed by atoms with Gasteiger partial charge in [0.1, 0.15) is 16.4 Å². The van der Waals surface area contributed by atoms with Crippen LogP contribution in [0.1, 0.15) is 18.1 Å². The van der Waals surface area contributed by atoms with Crippen LogP contribution in [0.4, 0.5) is 0 Å². The molecule has 1 N–H and O–H groups in total. The summed E-state index contributed by atoms with van der Waals surface area (Å²) in [5.74, 6) is 0.278. The molecule has 0 spiro atoms. The van der Waals surface area contributed by atoms with Crippen molar-refractivity contribution in [3.05, 3.63) is 53.6 Å². The van der Waals surface area contributed by atoms with E-state index in [4.69, 9.17) is 9.47 Å². The Kier molecular flexibility index (Phi) is 7.74. The molecule has 0 saturated carbocycles. The zero-order valence-electron chi connectivity index (χ0n) is 16.9. The fourth-order valence-corrected chi connectivity index (χ4v) is 3.89. The number of methoxy groups -OCH3 is 1. The molecule has 0 heterocycles. The summed E-state index contributed by atoms with van der Waals surface area (Å²) >= 11 is 0. The Bertz CT molecular complexity index is 989. The lowest BCUT2D eigenvalue weighted by atomic mass is 10.2. The lowest BCUT2D eigenvalue weighted by molar-refractivity contribution is -0.121. The van der Waals surface area contributed by atoms with E-state index >= 15 is 0 Å². The average molecular weight is 420 g/mol. The molecular weight excluding hydrogens is 394 g/mol. The first kappa shape index (κ1) is 22.4. The van der Waals surface area contributed by atoms with Crippen LogP contribution in [0, 0.1) is 6.92 Å². The first-order chi connectivity index (χ1) is 13.8. The highest BCUT2D eigenvalue weighted by Gasteiger charge is 2.26. The average Bonchev–Trinajstić information content (AvgIpc) is 2.69. The van der Waals surface area contributed by atoms with Crippen LogP contribution in [-0.4, -0.2) is 52.2 Å². The SMILES string of the molecule is CCOc1ccccc1/C=N/NC(=O)CN(C)S(=O)(=O)c1cc(C)ccc1OC. The van der Waals surface area contributed by atoms with Gasteiger partial charge in [-0.15, -0.1) is 0 Å². The molecule has 156 valence electrons. The standard InChI is InChI=1S/C20H25N3O5S/c1-5-28-17-9-7-6-8-16(17)13-21-22-20(24)14-23(3)29(25,26)19-12-15(2)10-11-18(19)27-4/h6-13H,5,14H2,1-4H3,(H,22,24)/b21-13+. The van der Waals surface area contributed by atoms with Crippen LogP contribution >= 0.6 is 0 Å². The molecule has 2 rings (SSSR count). The number of benzene rings is 2. The summed E-state index contributed by atoms with van der Waals surface area (Å²) in [6.07, 6.45) is 1.45. The Labute approximate surface area is 171 Å². The number of hydrazone groups is 1. The van der Waals surface area contributed by atoms with Gasteiger partial charge in [-0.25, -0.2) is 13.8 Å². The third-order valence-corrected chi connectivity index (χ3v) is 5.81. The molecule has 0 aliphatic rings. The van der Waals surface area contributed by atoms with Gasteiger partial charge in [-0.05, 0) is 43.7 Å². The lowest BCUT2D eigenvalue weighted by Crippen LogP contribution is -2.36. The van der Waals surface area contributed by atoms with E-state index in [-0.39, 0.29) is 10.6 Å². The molecule has 0 unspecified atom stereocenters. The second-order valence-corrected chi connectivity index (χ2v) is 8.19. The molecule has 0 aliphatic heterocycles. The second kappa shape index (κ2) is 10.0. The smallest absolute Gasteiger partial charge is 0.255 e. The topological polar surface area (TPSA) is 97.3 Å². The van der Waals surface area contributed by atoms with Crippen molar-refractivity contribution in [2.24, 2.45) is 5.10 Å². The van der Waals surface area contributed by atoms with Crippen LogP contribution in [0.2, 0.25) is 0 Å². The minimum atomic E-state index is -3.91. The fourth-order valence-electron chi connectivity index (χ4n) is 2.52. The molecule has 1 amide bonds. The number of rotatable bonds is 9. The minimum absolute atomic E-state index is 0.00411.